The highest BCUT2D eigenvalue weighted by Gasteiger charge is 2.35. The van der Waals surface area contributed by atoms with Gasteiger partial charge < -0.3 is 30.4 Å². The zero-order valence-corrected chi connectivity index (χ0v) is 42.9. The van der Waals surface area contributed by atoms with E-state index in [0.29, 0.717) is 0 Å². The van der Waals surface area contributed by atoms with E-state index >= 15 is 70.2 Å². The average Bonchev–Trinajstić information content (AvgIpc) is 4.31. The van der Waals surface area contributed by atoms with Gasteiger partial charge >= 0.3 is 0 Å². The molecule has 7 aromatic rings. The Hall–Kier alpha value is -6.40. The molecule has 0 saturated carbocycles. The van der Waals surface area contributed by atoms with E-state index in [-0.39, 0.29) is 47.0 Å². The molecule has 6 N–H and O–H groups in total. The van der Waals surface area contributed by atoms with Crippen molar-refractivity contribution >= 4 is 93.4 Å². The summed E-state index contributed by atoms with van der Waals surface area (Å²) in [6, 6.07) is 3.26. The Kier molecular flexibility index (Phi) is 17.2. The second-order valence-electron chi connectivity index (χ2n) is 16.6. The molecule has 80 heavy (non-hydrogen) atoms. The number of hydrogen-bond acceptors (Lipinski definition) is 10. The maximum Gasteiger partial charge on any atom is 0.176 e. The van der Waals surface area contributed by atoms with Crippen LogP contribution in [0.1, 0.15) is 22.8 Å². The summed E-state index contributed by atoms with van der Waals surface area (Å²) in [4.78, 5) is 8.36. The highest BCUT2D eigenvalue weighted by Crippen LogP contribution is 2.47. The van der Waals surface area contributed by atoms with Crippen molar-refractivity contribution in [1.29, 1.82) is 0 Å². The van der Waals surface area contributed by atoms with Crippen LogP contribution in [0.2, 0.25) is 0 Å². The molecule has 0 spiro atoms. The Labute approximate surface area is 455 Å². The van der Waals surface area contributed by atoms with Crippen LogP contribution in [0.5, 0.6) is 0 Å². The number of H-pyrrole nitrogens is 2. The fourth-order valence-electron chi connectivity index (χ4n) is 8.68. The minimum absolute atomic E-state index is 0.141. The van der Waals surface area contributed by atoms with Crippen molar-refractivity contribution in [3.63, 3.8) is 0 Å². The number of benzene rings is 4. The summed E-state index contributed by atoms with van der Waals surface area (Å²) in [5.41, 5.74) is -17.0. The minimum Gasteiger partial charge on any atom is -0.396 e. The third-order valence-corrected chi connectivity index (χ3v) is 16.1. The molecule has 4 aromatic carbocycles. The molecule has 0 amide bonds. The number of nitrogens with one attached hydrogen (secondary N) is 2. The van der Waals surface area contributed by atoms with Gasteiger partial charge in [-0.3, -0.25) is 0 Å². The van der Waals surface area contributed by atoms with E-state index in [0.717, 1.165) is 48.6 Å². The first-order chi connectivity index (χ1) is 38.2. The van der Waals surface area contributed by atoms with Crippen LogP contribution in [-0.2, 0) is 0 Å². The first-order valence-corrected chi connectivity index (χ1v) is 26.7. The van der Waals surface area contributed by atoms with E-state index in [1.807, 2.05) is 0 Å². The molecule has 28 heteroatoms. The van der Waals surface area contributed by atoms with Gasteiger partial charge in [-0.25, -0.2) is 80.2 Å². The number of rotatable bonds is 16. The SMILES string of the molecule is OCCSc1c(F)c(F)c(-c2c3nc(c(-c4c(F)c(F)c(SCCO)c(F)c4F)c4ccc([nH]4)c(-c4c(F)c(F)c(SCCO)c(F)c4F)c4nc(c(-c5c(F)c(F)c(SCCO)c(F)c5F)c5ccc2[nH]5)C=C4)C=C3)c(F)c1F. The number of hydrogen-bond donors (Lipinski definition) is 6. The topological polar surface area (TPSA) is 138 Å². The Morgan fingerprint density at radius 2 is 0.450 bits per heavy atom. The van der Waals surface area contributed by atoms with Crippen LogP contribution in [0.4, 0.5) is 70.2 Å². The third kappa shape index (κ3) is 9.93. The molecule has 3 aromatic heterocycles. The fourth-order valence-corrected chi connectivity index (χ4v) is 11.6. The van der Waals surface area contributed by atoms with Crippen molar-refractivity contribution in [2.45, 2.75) is 19.6 Å². The number of aliphatic hydroxyl groups excluding tert-OH is 4. The first-order valence-electron chi connectivity index (χ1n) is 22.8. The molecule has 0 unspecified atom stereocenters. The summed E-state index contributed by atoms with van der Waals surface area (Å²) >= 11 is 0.565. The number of aromatic amines is 2. The molecule has 2 aliphatic rings. The van der Waals surface area contributed by atoms with Gasteiger partial charge in [-0.2, -0.15) is 0 Å². The van der Waals surface area contributed by atoms with Gasteiger partial charge in [0.15, 0.2) is 93.1 Å². The fraction of sp³-hybridized carbons (Fsp3) is 0.154. The van der Waals surface area contributed by atoms with E-state index in [1.165, 1.54) is 0 Å². The zero-order valence-electron chi connectivity index (χ0n) is 39.6. The molecule has 5 heterocycles. The van der Waals surface area contributed by atoms with Gasteiger partial charge in [-0.1, -0.05) is 0 Å². The van der Waals surface area contributed by atoms with Gasteiger partial charge in [0.1, 0.15) is 0 Å². The molecule has 418 valence electrons. The average molecular weight is 1210 g/mol. The number of fused-ring (bicyclic) bond motifs is 8. The molecule has 9 rings (SSSR count). The Bertz CT molecular complexity index is 3360. The highest BCUT2D eigenvalue weighted by molar-refractivity contribution is 8.00. The highest BCUT2D eigenvalue weighted by atomic mass is 32.2. The van der Waals surface area contributed by atoms with Crippen molar-refractivity contribution in [1.82, 2.24) is 19.9 Å². The van der Waals surface area contributed by atoms with Crippen LogP contribution in [-0.4, -0.2) is 89.8 Å². The van der Waals surface area contributed by atoms with Gasteiger partial charge in [0.25, 0.3) is 0 Å². The Balaban J connectivity index is 1.55. The number of halogens is 16. The lowest BCUT2D eigenvalue weighted by Crippen LogP contribution is -2.06. The summed E-state index contributed by atoms with van der Waals surface area (Å²) in [5, 5.41) is 37.3. The Morgan fingerprint density at radius 3 is 0.613 bits per heavy atom. The van der Waals surface area contributed by atoms with E-state index in [4.69, 9.17) is 0 Å². The van der Waals surface area contributed by atoms with E-state index in [2.05, 4.69) is 19.9 Å². The number of thioether (sulfide) groups is 4. The summed E-state index contributed by atoms with van der Waals surface area (Å²) < 4.78 is 261. The van der Waals surface area contributed by atoms with Crippen LogP contribution in [0.15, 0.2) is 43.8 Å². The standard InChI is InChI=1S/C52H30F16N4O4S4/c53-33-29(34(54)42(62)49(41(33)61)77-13-9-73)25-17-1-2-18(69-17)26(30-35(55)43(63)50(78-14-10-74)44(64)36(30)56)20-5-6-22(71-20)28(32-39(59)47(67)52(80-16-12-76)48(68)40(32)60)24-8-7-23(72-24)27(21-4-3-19(25)70-21)31-37(57)45(65)51(79-15-11-75)46(66)38(31)58/h1-8,69,72-76H,9-16H2. The quantitative estimate of drug-likeness (QED) is 0.0315. The van der Waals surface area contributed by atoms with Crippen LogP contribution in [0.3, 0.4) is 0 Å². The van der Waals surface area contributed by atoms with Gasteiger partial charge in [0, 0.05) is 67.3 Å². The van der Waals surface area contributed by atoms with E-state index in [9.17, 15) is 20.4 Å². The van der Waals surface area contributed by atoms with E-state index < -0.39 is 251 Å². The van der Waals surface area contributed by atoms with Crippen molar-refractivity contribution < 1.29 is 90.7 Å². The van der Waals surface area contributed by atoms with Gasteiger partial charge in [0.05, 0.1) is 91.0 Å². The number of aliphatic hydroxyl groups is 4. The van der Waals surface area contributed by atoms with Crippen molar-refractivity contribution in [3.8, 4) is 44.5 Å². The molecule has 0 saturated heterocycles. The smallest absolute Gasteiger partial charge is 0.176 e. The van der Waals surface area contributed by atoms with Crippen LogP contribution >= 0.6 is 47.0 Å². The molecule has 0 radical (unpaired) electrons. The minimum atomic E-state index is -2.16. The second-order valence-corrected chi connectivity index (χ2v) is 21.1. The normalized spacial score (nSPS) is 12.2. The van der Waals surface area contributed by atoms with E-state index in [1.54, 1.807) is 0 Å². The van der Waals surface area contributed by atoms with Crippen LogP contribution < -0.4 is 0 Å². The Morgan fingerprint density at radius 1 is 0.275 bits per heavy atom. The lowest BCUT2D eigenvalue weighted by atomic mass is 10.0. The van der Waals surface area contributed by atoms with Gasteiger partial charge in [0.2, 0.25) is 0 Å². The van der Waals surface area contributed by atoms with Crippen LogP contribution in [0.25, 0.3) is 90.9 Å². The monoisotopic (exact) mass is 1210 g/mol. The zero-order chi connectivity index (χ0) is 57.8. The number of aromatic nitrogens is 4. The summed E-state index contributed by atoms with van der Waals surface area (Å²) in [7, 11) is 0. The first kappa shape index (κ1) is 58.3. The molecular formula is C52H30F16N4O4S4. The summed E-state index contributed by atoms with van der Waals surface area (Å²) in [6.07, 6.45) is 3.15. The largest absolute Gasteiger partial charge is 0.396 e. The maximum absolute atomic E-state index is 16.7. The lowest BCUT2D eigenvalue weighted by Gasteiger charge is -2.14. The predicted molar refractivity (Wildman–Crippen MR) is 271 cm³/mol. The molecular weight excluding hydrogens is 1180 g/mol. The van der Waals surface area contributed by atoms with Crippen molar-refractivity contribution in [2.24, 2.45) is 0 Å². The van der Waals surface area contributed by atoms with Crippen LogP contribution in [0, 0.1) is 93.1 Å². The van der Waals surface area contributed by atoms with Crippen molar-refractivity contribution in [2.75, 3.05) is 49.4 Å². The molecule has 2 aliphatic heterocycles. The molecule has 0 fully saturated rings. The number of nitrogens with zero attached hydrogens (tertiary/aromatic N) is 2. The second kappa shape index (κ2) is 23.6. The molecule has 8 bridgehead atoms. The molecule has 0 aliphatic carbocycles. The van der Waals surface area contributed by atoms with Crippen molar-refractivity contribution in [3.05, 3.63) is 140 Å². The third-order valence-electron chi connectivity index (χ3n) is 12.0. The maximum atomic E-state index is 16.7. The van der Waals surface area contributed by atoms with Gasteiger partial charge in [-0.15, -0.1) is 47.0 Å². The molecule has 0 atom stereocenters. The lowest BCUT2D eigenvalue weighted by molar-refractivity contribution is 0.322. The molecule has 8 nitrogen and oxygen atoms in total. The van der Waals surface area contributed by atoms with Gasteiger partial charge in [-0.05, 0) is 48.6 Å². The predicted octanol–water partition coefficient (Wildman–Crippen LogP) is 13.9. The summed E-state index contributed by atoms with van der Waals surface area (Å²) in [6.45, 7) is -2.95. The summed E-state index contributed by atoms with van der Waals surface area (Å²) in [5.74, 6) is -35.7.